The van der Waals surface area contributed by atoms with E-state index >= 15 is 0 Å². The minimum Gasteiger partial charge on any atom is -0.480 e. The molecule has 0 unspecified atom stereocenters. The monoisotopic (exact) mass is 461 g/mol. The molecule has 2 aliphatic heterocycles. The number of nitrogens with zero attached hydrogens (tertiary/aromatic N) is 2. The molecule has 34 heavy (non-hydrogen) atoms. The lowest BCUT2D eigenvalue weighted by molar-refractivity contribution is -0.159. The lowest BCUT2D eigenvalue weighted by Crippen LogP contribution is -2.67. The number of likely N-dealkylation sites (tertiary alicyclic amines) is 1. The number of para-hydroxylation sites is 1. The first kappa shape index (κ1) is 22.4. The molecule has 0 radical (unpaired) electrons. The van der Waals surface area contributed by atoms with Gasteiger partial charge in [0, 0.05) is 12.2 Å². The summed E-state index contributed by atoms with van der Waals surface area (Å²) in [5, 5.41) is 13.2. The van der Waals surface area contributed by atoms with Crippen LogP contribution in [0.2, 0.25) is 0 Å². The number of hydrogen-bond donors (Lipinski definition) is 2. The van der Waals surface area contributed by atoms with E-state index in [0.29, 0.717) is 18.5 Å². The summed E-state index contributed by atoms with van der Waals surface area (Å²) >= 11 is 0. The van der Waals surface area contributed by atoms with Crippen LogP contribution < -0.4 is 5.32 Å². The molecule has 2 N–H and O–H groups in total. The molecular weight excluding hydrogens is 430 g/mol. The summed E-state index contributed by atoms with van der Waals surface area (Å²) in [4.78, 5) is 43.2. The molecule has 3 atom stereocenters. The summed E-state index contributed by atoms with van der Waals surface area (Å²) in [7, 11) is 0. The largest absolute Gasteiger partial charge is 0.480 e. The average molecular weight is 462 g/mol. The van der Waals surface area contributed by atoms with Gasteiger partial charge in [-0.25, -0.2) is 9.59 Å². The lowest BCUT2D eigenvalue weighted by atomic mass is 9.68. The number of fused-ring (bicyclic) bond motifs is 2. The highest BCUT2D eigenvalue weighted by atomic mass is 16.4. The van der Waals surface area contributed by atoms with Crippen molar-refractivity contribution in [2.45, 2.75) is 68.5 Å². The molecule has 0 spiro atoms. The number of nitrogens with one attached hydrogen (secondary N) is 1. The second-order valence-electron chi connectivity index (χ2n) is 9.75. The summed E-state index contributed by atoms with van der Waals surface area (Å²) in [6, 6.07) is 16.9. The number of carboxylic acids is 1. The van der Waals surface area contributed by atoms with Crippen LogP contribution in [0.4, 0.5) is 10.5 Å². The fraction of sp³-hybridized carbons (Fsp3) is 0.444. The Kier molecular flexibility index (Phi) is 6.02. The molecule has 5 rings (SSSR count). The molecule has 0 aromatic heterocycles. The summed E-state index contributed by atoms with van der Waals surface area (Å²) in [6.45, 7) is 0.253. The van der Waals surface area contributed by atoms with E-state index in [2.05, 4.69) is 5.32 Å². The molecule has 2 saturated heterocycles. The normalized spacial score (nSPS) is 25.6. The molecule has 7 heteroatoms. The third-order valence-electron chi connectivity index (χ3n) is 7.87. The lowest BCUT2D eigenvalue weighted by Gasteiger charge is -2.49. The van der Waals surface area contributed by atoms with Gasteiger partial charge in [0.15, 0.2) is 0 Å². The van der Waals surface area contributed by atoms with E-state index in [1.165, 1.54) is 0 Å². The molecule has 7 nitrogen and oxygen atoms in total. The summed E-state index contributed by atoms with van der Waals surface area (Å²) < 4.78 is 0. The van der Waals surface area contributed by atoms with Crippen LogP contribution in [-0.2, 0) is 15.0 Å². The fourth-order valence-corrected chi connectivity index (χ4v) is 6.30. The average Bonchev–Trinajstić information content (AvgIpc) is 3.18. The minimum atomic E-state index is -1.05. The van der Waals surface area contributed by atoms with Crippen LogP contribution in [0, 0.1) is 0 Å². The number of piperazine rings is 1. The zero-order valence-corrected chi connectivity index (χ0v) is 19.2. The van der Waals surface area contributed by atoms with Crippen LogP contribution in [0.5, 0.6) is 0 Å². The van der Waals surface area contributed by atoms with Gasteiger partial charge in [0.25, 0.3) is 0 Å². The molecule has 2 bridgehead atoms. The molecule has 1 saturated carbocycles. The third kappa shape index (κ3) is 3.83. The smallest absolute Gasteiger partial charge is 0.328 e. The second-order valence-corrected chi connectivity index (χ2v) is 9.75. The second kappa shape index (κ2) is 9.12. The summed E-state index contributed by atoms with van der Waals surface area (Å²) in [5.74, 6) is -1.14. The summed E-state index contributed by atoms with van der Waals surface area (Å²) in [6.07, 6.45) is 5.71. The van der Waals surface area contributed by atoms with Crippen LogP contribution in [0.25, 0.3) is 0 Å². The molecule has 2 heterocycles. The number of hydrogen-bond acceptors (Lipinski definition) is 3. The van der Waals surface area contributed by atoms with Gasteiger partial charge in [0.1, 0.15) is 6.04 Å². The van der Waals surface area contributed by atoms with E-state index in [1.807, 2.05) is 48.5 Å². The third-order valence-corrected chi connectivity index (χ3v) is 7.87. The van der Waals surface area contributed by atoms with Crippen molar-refractivity contribution in [2.75, 3.05) is 11.9 Å². The standard InChI is InChI=1S/C27H31N3O4/c31-24(32)23-22-15-14-21(30(22)26(34)28-20-12-6-2-7-13-20)18-29(23)25(33)27(16-8-3-9-17-27)19-10-4-1-5-11-19/h1-2,4-7,10-13,21-23H,3,8-9,14-18H2,(H,28,34)(H,31,32)/t21-,22+,23-/m0/s1. The first-order valence-corrected chi connectivity index (χ1v) is 12.2. The number of carboxylic acid groups (broad SMARTS) is 1. The fourth-order valence-electron chi connectivity index (χ4n) is 6.30. The Balaban J connectivity index is 1.45. The Labute approximate surface area is 199 Å². The maximum atomic E-state index is 14.2. The molecule has 2 aromatic carbocycles. The van der Waals surface area contributed by atoms with E-state index in [1.54, 1.807) is 21.9 Å². The first-order chi connectivity index (χ1) is 16.5. The van der Waals surface area contributed by atoms with Crippen LogP contribution in [0.3, 0.4) is 0 Å². The zero-order valence-electron chi connectivity index (χ0n) is 19.2. The van der Waals surface area contributed by atoms with Gasteiger partial charge in [-0.05, 0) is 43.4 Å². The zero-order chi connectivity index (χ0) is 23.7. The van der Waals surface area contributed by atoms with Gasteiger partial charge in [-0.15, -0.1) is 0 Å². The quantitative estimate of drug-likeness (QED) is 0.712. The number of urea groups is 1. The summed E-state index contributed by atoms with van der Waals surface area (Å²) in [5.41, 5.74) is 0.948. The molecular formula is C27H31N3O4. The minimum absolute atomic E-state index is 0.0918. The maximum Gasteiger partial charge on any atom is 0.328 e. The van der Waals surface area contributed by atoms with Crippen LogP contribution in [0.1, 0.15) is 50.5 Å². The SMILES string of the molecule is O=C(O)[C@@H]1[C@H]2CC[C@@H](CN1C(=O)C1(c3ccccc3)CCCCC1)N2C(=O)Nc1ccccc1. The van der Waals surface area contributed by atoms with E-state index < -0.39 is 23.5 Å². The topological polar surface area (TPSA) is 90.0 Å². The van der Waals surface area contributed by atoms with Gasteiger partial charge in [0.2, 0.25) is 5.91 Å². The van der Waals surface area contributed by atoms with Crippen molar-refractivity contribution in [2.24, 2.45) is 0 Å². The highest BCUT2D eigenvalue weighted by molar-refractivity contribution is 5.94. The number of carbonyl (C=O) groups excluding carboxylic acids is 2. The molecule has 3 amide bonds. The molecule has 2 aromatic rings. The first-order valence-electron chi connectivity index (χ1n) is 12.2. The number of benzene rings is 2. The predicted molar refractivity (Wildman–Crippen MR) is 128 cm³/mol. The predicted octanol–water partition coefficient (Wildman–Crippen LogP) is 4.25. The Hall–Kier alpha value is -3.35. The number of carbonyl (C=O) groups is 3. The van der Waals surface area contributed by atoms with Crippen molar-refractivity contribution < 1.29 is 19.5 Å². The van der Waals surface area contributed by atoms with Gasteiger partial charge in [-0.3, -0.25) is 4.79 Å². The van der Waals surface area contributed by atoms with Gasteiger partial charge in [0.05, 0.1) is 17.5 Å². The van der Waals surface area contributed by atoms with E-state index in [0.717, 1.165) is 37.7 Å². The highest BCUT2D eigenvalue weighted by Gasteiger charge is 2.56. The molecule has 1 aliphatic carbocycles. The van der Waals surface area contributed by atoms with Crippen LogP contribution in [-0.4, -0.2) is 57.5 Å². The molecule has 3 aliphatic rings. The number of rotatable bonds is 4. The van der Waals surface area contributed by atoms with Crippen LogP contribution in [0.15, 0.2) is 60.7 Å². The molecule has 178 valence electrons. The van der Waals surface area contributed by atoms with E-state index in [9.17, 15) is 19.5 Å². The number of amides is 3. The molecule has 3 fully saturated rings. The van der Waals surface area contributed by atoms with Crippen molar-refractivity contribution in [1.82, 2.24) is 9.80 Å². The van der Waals surface area contributed by atoms with Gasteiger partial charge >= 0.3 is 12.0 Å². The maximum absolute atomic E-state index is 14.2. The van der Waals surface area contributed by atoms with E-state index in [4.69, 9.17) is 0 Å². The van der Waals surface area contributed by atoms with Crippen molar-refractivity contribution in [3.63, 3.8) is 0 Å². The Morgan fingerprint density at radius 2 is 1.53 bits per heavy atom. The number of anilines is 1. The van der Waals surface area contributed by atoms with Gasteiger partial charge in [-0.1, -0.05) is 67.8 Å². The Morgan fingerprint density at radius 3 is 2.18 bits per heavy atom. The Bertz CT molecular complexity index is 1050. The van der Waals surface area contributed by atoms with Crippen LogP contribution >= 0.6 is 0 Å². The Morgan fingerprint density at radius 1 is 0.882 bits per heavy atom. The van der Waals surface area contributed by atoms with Gasteiger partial charge in [-0.2, -0.15) is 0 Å². The van der Waals surface area contributed by atoms with Crippen molar-refractivity contribution in [3.8, 4) is 0 Å². The number of aliphatic carboxylic acids is 1. The van der Waals surface area contributed by atoms with Crippen molar-refractivity contribution >= 4 is 23.6 Å². The van der Waals surface area contributed by atoms with Crippen molar-refractivity contribution in [3.05, 3.63) is 66.2 Å². The van der Waals surface area contributed by atoms with Gasteiger partial charge < -0.3 is 20.2 Å². The highest BCUT2D eigenvalue weighted by Crippen LogP contribution is 2.44. The van der Waals surface area contributed by atoms with Crippen molar-refractivity contribution in [1.29, 1.82) is 0 Å². The van der Waals surface area contributed by atoms with E-state index in [-0.39, 0.29) is 24.5 Å².